The first-order valence-corrected chi connectivity index (χ1v) is 7.63. The van der Waals surface area contributed by atoms with E-state index in [2.05, 4.69) is 38.2 Å². The van der Waals surface area contributed by atoms with Crippen LogP contribution >= 0.6 is 0 Å². The van der Waals surface area contributed by atoms with Gasteiger partial charge in [-0.15, -0.1) is 0 Å². The minimum absolute atomic E-state index is 0.137. The molecule has 0 aromatic heterocycles. The van der Waals surface area contributed by atoms with Crippen molar-refractivity contribution in [3.63, 3.8) is 0 Å². The van der Waals surface area contributed by atoms with Gasteiger partial charge in [0.15, 0.2) is 0 Å². The van der Waals surface area contributed by atoms with Crippen LogP contribution in [-0.4, -0.2) is 19.1 Å². The van der Waals surface area contributed by atoms with Gasteiger partial charge in [-0.05, 0) is 23.3 Å². The van der Waals surface area contributed by atoms with E-state index in [1.807, 2.05) is 32.0 Å². The molecule has 2 atom stereocenters. The molecule has 0 spiro atoms. The topological polar surface area (TPSA) is 38.3 Å². The molecule has 0 amide bonds. The molecule has 1 aromatic carbocycles. The summed E-state index contributed by atoms with van der Waals surface area (Å²) in [7, 11) is 1.45. The number of carbonyl (C=O) groups excluding carboxylic acids is 1. The highest BCUT2D eigenvalue weighted by molar-refractivity contribution is 5.76. The fourth-order valence-electron chi connectivity index (χ4n) is 2.45. The molecule has 3 nitrogen and oxygen atoms in total. The lowest BCUT2D eigenvalue weighted by atomic mass is 9.84. The third-order valence-electron chi connectivity index (χ3n) is 3.52. The lowest BCUT2D eigenvalue weighted by molar-refractivity contribution is -0.144. The molecule has 0 fully saturated rings. The second-order valence-corrected chi connectivity index (χ2v) is 7.14. The molecular weight excluding hydrogens is 262 g/mol. The highest BCUT2D eigenvalue weighted by Gasteiger charge is 2.28. The van der Waals surface area contributed by atoms with E-state index in [0.29, 0.717) is 0 Å². The second kappa shape index (κ2) is 7.60. The Hall–Kier alpha value is -1.35. The van der Waals surface area contributed by atoms with Crippen LogP contribution in [0, 0.1) is 11.3 Å². The molecule has 0 bridgehead atoms. The summed E-state index contributed by atoms with van der Waals surface area (Å²) in [5.41, 5.74) is 1.38. The van der Waals surface area contributed by atoms with E-state index in [-0.39, 0.29) is 29.4 Å². The Bertz CT molecular complexity index is 434. The summed E-state index contributed by atoms with van der Waals surface area (Å²) >= 11 is 0. The summed E-state index contributed by atoms with van der Waals surface area (Å²) in [6.07, 6.45) is 0.956. The Morgan fingerprint density at radius 1 is 1.19 bits per heavy atom. The van der Waals surface area contributed by atoms with E-state index >= 15 is 0 Å². The standard InChI is InChI=1S/C18H29NO2/c1-13(2)16(17(20)21-6)19-15(12-18(3,4)5)14-10-8-7-9-11-14/h7-11,13,15-16,19H,12H2,1-6H3/t15?,16-/m0/s1. The highest BCUT2D eigenvalue weighted by atomic mass is 16.5. The Morgan fingerprint density at radius 2 is 1.76 bits per heavy atom. The zero-order valence-corrected chi connectivity index (χ0v) is 14.1. The average molecular weight is 291 g/mol. The average Bonchev–Trinajstić information content (AvgIpc) is 2.42. The zero-order chi connectivity index (χ0) is 16.0. The summed E-state index contributed by atoms with van der Waals surface area (Å²) < 4.78 is 4.94. The maximum absolute atomic E-state index is 12.0. The number of nitrogens with one attached hydrogen (secondary N) is 1. The number of hydrogen-bond donors (Lipinski definition) is 1. The van der Waals surface area contributed by atoms with Crippen LogP contribution in [0.3, 0.4) is 0 Å². The molecule has 0 aliphatic heterocycles. The van der Waals surface area contributed by atoms with Crippen LogP contribution in [0.5, 0.6) is 0 Å². The quantitative estimate of drug-likeness (QED) is 0.806. The number of methoxy groups -OCH3 is 1. The number of rotatable bonds is 6. The number of esters is 1. The predicted molar refractivity (Wildman–Crippen MR) is 87.0 cm³/mol. The van der Waals surface area contributed by atoms with Gasteiger partial charge in [-0.2, -0.15) is 0 Å². The van der Waals surface area contributed by atoms with E-state index < -0.39 is 0 Å². The molecule has 1 N–H and O–H groups in total. The van der Waals surface area contributed by atoms with Gasteiger partial charge in [0, 0.05) is 6.04 Å². The van der Waals surface area contributed by atoms with Crippen LogP contribution < -0.4 is 5.32 Å². The van der Waals surface area contributed by atoms with Crippen LogP contribution in [0.1, 0.15) is 52.6 Å². The summed E-state index contributed by atoms with van der Waals surface area (Å²) in [6, 6.07) is 10.2. The first kappa shape index (κ1) is 17.7. The van der Waals surface area contributed by atoms with Gasteiger partial charge in [-0.25, -0.2) is 0 Å². The highest BCUT2D eigenvalue weighted by Crippen LogP contribution is 2.30. The molecule has 0 heterocycles. The van der Waals surface area contributed by atoms with E-state index in [4.69, 9.17) is 4.74 Å². The fraction of sp³-hybridized carbons (Fsp3) is 0.611. The molecule has 0 radical (unpaired) electrons. The Balaban J connectivity index is 2.98. The van der Waals surface area contributed by atoms with Crippen molar-refractivity contribution in [1.82, 2.24) is 5.32 Å². The van der Waals surface area contributed by atoms with Crippen molar-refractivity contribution in [2.24, 2.45) is 11.3 Å². The van der Waals surface area contributed by atoms with Crippen LogP contribution in [0.2, 0.25) is 0 Å². The van der Waals surface area contributed by atoms with Crippen LogP contribution in [0.25, 0.3) is 0 Å². The number of benzene rings is 1. The molecule has 1 unspecified atom stereocenters. The smallest absolute Gasteiger partial charge is 0.323 e. The fourth-order valence-corrected chi connectivity index (χ4v) is 2.45. The van der Waals surface area contributed by atoms with Crippen molar-refractivity contribution >= 4 is 5.97 Å². The molecule has 21 heavy (non-hydrogen) atoms. The summed E-state index contributed by atoms with van der Waals surface area (Å²) in [6.45, 7) is 10.7. The van der Waals surface area contributed by atoms with Crippen molar-refractivity contribution in [2.45, 2.75) is 53.1 Å². The van der Waals surface area contributed by atoms with Gasteiger partial charge in [0.1, 0.15) is 6.04 Å². The van der Waals surface area contributed by atoms with Gasteiger partial charge in [0.05, 0.1) is 7.11 Å². The Kier molecular flexibility index (Phi) is 6.41. The third-order valence-corrected chi connectivity index (χ3v) is 3.52. The Morgan fingerprint density at radius 3 is 2.19 bits per heavy atom. The summed E-state index contributed by atoms with van der Waals surface area (Å²) in [4.78, 5) is 12.0. The predicted octanol–water partition coefficient (Wildman–Crippen LogP) is 3.95. The molecule has 0 aliphatic carbocycles. The van der Waals surface area contributed by atoms with Crippen LogP contribution in [0.15, 0.2) is 30.3 Å². The van der Waals surface area contributed by atoms with Gasteiger partial charge in [0.2, 0.25) is 0 Å². The largest absolute Gasteiger partial charge is 0.468 e. The number of hydrogen-bond acceptors (Lipinski definition) is 3. The third kappa shape index (κ3) is 5.88. The Labute approximate surface area is 129 Å². The van der Waals surface area contributed by atoms with E-state index in [9.17, 15) is 4.79 Å². The molecule has 3 heteroatoms. The van der Waals surface area contributed by atoms with Crippen molar-refractivity contribution in [2.75, 3.05) is 7.11 Å². The molecule has 1 aromatic rings. The maximum atomic E-state index is 12.0. The normalized spacial score (nSPS) is 14.8. The van der Waals surface area contributed by atoms with E-state index in [1.165, 1.54) is 12.7 Å². The zero-order valence-electron chi connectivity index (χ0n) is 14.1. The van der Waals surface area contributed by atoms with Crippen molar-refractivity contribution < 1.29 is 9.53 Å². The first-order chi connectivity index (χ1) is 9.74. The van der Waals surface area contributed by atoms with Crippen molar-refractivity contribution in [1.29, 1.82) is 0 Å². The van der Waals surface area contributed by atoms with Crippen molar-refractivity contribution in [3.8, 4) is 0 Å². The van der Waals surface area contributed by atoms with Gasteiger partial charge >= 0.3 is 5.97 Å². The molecule has 1 rings (SSSR count). The number of carbonyl (C=O) groups is 1. The first-order valence-electron chi connectivity index (χ1n) is 7.63. The van der Waals surface area contributed by atoms with Crippen LogP contribution in [-0.2, 0) is 9.53 Å². The summed E-state index contributed by atoms with van der Waals surface area (Å²) in [5.74, 6) is -0.0107. The minimum Gasteiger partial charge on any atom is -0.468 e. The molecule has 0 saturated heterocycles. The molecule has 0 aliphatic rings. The van der Waals surface area contributed by atoms with Crippen molar-refractivity contribution in [3.05, 3.63) is 35.9 Å². The van der Waals surface area contributed by atoms with Gasteiger partial charge < -0.3 is 4.74 Å². The maximum Gasteiger partial charge on any atom is 0.323 e. The molecular formula is C18H29NO2. The number of ether oxygens (including phenoxy) is 1. The monoisotopic (exact) mass is 291 g/mol. The SMILES string of the molecule is COC(=O)[C@@H](NC(CC(C)(C)C)c1ccccc1)C(C)C. The molecule has 0 saturated carbocycles. The van der Waals surface area contributed by atoms with E-state index in [1.54, 1.807) is 0 Å². The minimum atomic E-state index is -0.289. The van der Waals surface area contributed by atoms with Gasteiger partial charge in [-0.3, -0.25) is 10.1 Å². The second-order valence-electron chi connectivity index (χ2n) is 7.14. The lowest BCUT2D eigenvalue weighted by Gasteiger charge is -2.31. The molecule has 118 valence electrons. The van der Waals surface area contributed by atoms with E-state index in [0.717, 1.165) is 6.42 Å². The van der Waals surface area contributed by atoms with Crippen LogP contribution in [0.4, 0.5) is 0 Å². The van der Waals surface area contributed by atoms with Gasteiger partial charge in [-0.1, -0.05) is 65.0 Å². The summed E-state index contributed by atoms with van der Waals surface area (Å²) in [5, 5.41) is 3.50. The van der Waals surface area contributed by atoms with Gasteiger partial charge in [0.25, 0.3) is 0 Å². The lowest BCUT2D eigenvalue weighted by Crippen LogP contribution is -2.44.